The van der Waals surface area contributed by atoms with Gasteiger partial charge in [0.15, 0.2) is 5.69 Å². The van der Waals surface area contributed by atoms with Crippen LogP contribution in [0.5, 0.6) is 5.75 Å². The number of nitrogens with one attached hydrogen (secondary N) is 2. The maximum atomic E-state index is 12.6. The van der Waals surface area contributed by atoms with E-state index in [4.69, 9.17) is 9.47 Å². The van der Waals surface area contributed by atoms with Gasteiger partial charge in [0, 0.05) is 29.3 Å². The average molecular weight is 344 g/mol. The Morgan fingerprint density at radius 1 is 1.44 bits per heavy atom. The summed E-state index contributed by atoms with van der Waals surface area (Å²) in [6, 6.07) is 0. The number of pyridine rings is 1. The molecule has 0 saturated heterocycles. The van der Waals surface area contributed by atoms with Crippen molar-refractivity contribution in [1.82, 2.24) is 20.5 Å². The molecule has 3 heterocycles. The van der Waals surface area contributed by atoms with Crippen LogP contribution < -0.4 is 10.1 Å². The molecule has 25 heavy (non-hydrogen) atoms. The molecule has 134 valence electrons. The van der Waals surface area contributed by atoms with Crippen LogP contribution in [0, 0.1) is 13.8 Å². The SMILES string of the molecule is COc1c(C)cnc(CNC(=O)c2n[nH]c3c2C[C@H](C)O[C@@H]3C)c1C. The van der Waals surface area contributed by atoms with Crippen molar-refractivity contribution in [3.8, 4) is 5.75 Å². The first-order valence-electron chi connectivity index (χ1n) is 8.42. The highest BCUT2D eigenvalue weighted by Gasteiger charge is 2.29. The fourth-order valence-corrected chi connectivity index (χ4v) is 3.36. The Hall–Kier alpha value is -2.41. The normalized spacial score (nSPS) is 19.4. The van der Waals surface area contributed by atoms with E-state index in [1.807, 2.05) is 27.7 Å². The standard InChI is InChI=1S/C18H24N4O3/c1-9-7-19-14(11(3)17(9)24-5)8-20-18(23)16-13-6-10(2)25-12(4)15(13)21-22-16/h7,10,12H,6,8H2,1-5H3,(H,20,23)(H,21,22)/t10-,12+/m0/s1. The Morgan fingerprint density at radius 3 is 2.92 bits per heavy atom. The van der Waals surface area contributed by atoms with Crippen LogP contribution in [0.3, 0.4) is 0 Å². The molecule has 0 bridgehead atoms. The number of carbonyl (C=O) groups is 1. The summed E-state index contributed by atoms with van der Waals surface area (Å²) in [5.74, 6) is 0.593. The average Bonchev–Trinajstić information content (AvgIpc) is 2.98. The van der Waals surface area contributed by atoms with E-state index in [9.17, 15) is 4.79 Å². The quantitative estimate of drug-likeness (QED) is 0.889. The minimum absolute atomic E-state index is 0.0666. The van der Waals surface area contributed by atoms with Crippen molar-refractivity contribution in [2.75, 3.05) is 7.11 Å². The van der Waals surface area contributed by atoms with Crippen LogP contribution in [0.4, 0.5) is 0 Å². The lowest BCUT2D eigenvalue weighted by Gasteiger charge is -2.25. The minimum Gasteiger partial charge on any atom is -0.496 e. The van der Waals surface area contributed by atoms with Crippen LogP contribution in [0.2, 0.25) is 0 Å². The molecule has 2 aromatic rings. The van der Waals surface area contributed by atoms with Crippen molar-refractivity contribution in [2.45, 2.75) is 52.9 Å². The predicted octanol–water partition coefficient (Wildman–Crippen LogP) is 2.38. The van der Waals surface area contributed by atoms with E-state index in [0.29, 0.717) is 18.7 Å². The number of amides is 1. The van der Waals surface area contributed by atoms with Crippen LogP contribution >= 0.6 is 0 Å². The third-order valence-corrected chi connectivity index (χ3v) is 4.61. The smallest absolute Gasteiger partial charge is 0.272 e. The molecule has 0 radical (unpaired) electrons. The Balaban J connectivity index is 1.77. The Morgan fingerprint density at radius 2 is 2.20 bits per heavy atom. The first-order valence-corrected chi connectivity index (χ1v) is 8.42. The van der Waals surface area contributed by atoms with E-state index >= 15 is 0 Å². The van der Waals surface area contributed by atoms with Gasteiger partial charge in [-0.2, -0.15) is 5.10 Å². The van der Waals surface area contributed by atoms with E-state index in [-0.39, 0.29) is 18.1 Å². The van der Waals surface area contributed by atoms with Crippen molar-refractivity contribution < 1.29 is 14.3 Å². The topological polar surface area (TPSA) is 89.1 Å². The maximum absolute atomic E-state index is 12.6. The summed E-state index contributed by atoms with van der Waals surface area (Å²) in [5.41, 5.74) is 4.95. The number of fused-ring (bicyclic) bond motifs is 1. The molecular formula is C18H24N4O3. The van der Waals surface area contributed by atoms with Crippen molar-refractivity contribution in [1.29, 1.82) is 0 Å². The van der Waals surface area contributed by atoms with Crippen LogP contribution in [-0.2, 0) is 17.7 Å². The molecule has 0 saturated carbocycles. The number of rotatable bonds is 4. The molecule has 2 atom stereocenters. The van der Waals surface area contributed by atoms with Gasteiger partial charge in [-0.05, 0) is 27.7 Å². The Kier molecular flexibility index (Phi) is 4.76. The van der Waals surface area contributed by atoms with E-state index in [2.05, 4.69) is 20.5 Å². The van der Waals surface area contributed by atoms with E-state index in [0.717, 1.165) is 33.8 Å². The zero-order valence-electron chi connectivity index (χ0n) is 15.3. The molecule has 7 heteroatoms. The van der Waals surface area contributed by atoms with Gasteiger partial charge in [0.25, 0.3) is 5.91 Å². The summed E-state index contributed by atoms with van der Waals surface area (Å²) >= 11 is 0. The molecule has 0 fully saturated rings. The highest BCUT2D eigenvalue weighted by molar-refractivity contribution is 5.94. The van der Waals surface area contributed by atoms with Gasteiger partial charge < -0.3 is 14.8 Å². The zero-order chi connectivity index (χ0) is 18.1. The lowest BCUT2D eigenvalue weighted by Crippen LogP contribution is -2.28. The Bertz CT molecular complexity index is 800. The van der Waals surface area contributed by atoms with Crippen LogP contribution in [0.1, 0.15) is 58.5 Å². The monoisotopic (exact) mass is 344 g/mol. The number of ether oxygens (including phenoxy) is 2. The number of hydrogen-bond donors (Lipinski definition) is 2. The van der Waals surface area contributed by atoms with E-state index < -0.39 is 0 Å². The molecule has 0 spiro atoms. The summed E-state index contributed by atoms with van der Waals surface area (Å²) in [6.07, 6.45) is 2.41. The molecule has 1 amide bonds. The van der Waals surface area contributed by atoms with Gasteiger partial charge in [-0.1, -0.05) is 0 Å². The van der Waals surface area contributed by atoms with Gasteiger partial charge in [0.05, 0.1) is 37.3 Å². The summed E-state index contributed by atoms with van der Waals surface area (Å²) in [6.45, 7) is 8.17. The second kappa shape index (κ2) is 6.84. The van der Waals surface area contributed by atoms with Crippen LogP contribution in [0.15, 0.2) is 6.20 Å². The van der Waals surface area contributed by atoms with Gasteiger partial charge in [-0.15, -0.1) is 0 Å². The van der Waals surface area contributed by atoms with E-state index in [1.165, 1.54) is 0 Å². The minimum atomic E-state index is -0.209. The lowest BCUT2D eigenvalue weighted by molar-refractivity contribution is -0.00697. The molecule has 2 N–H and O–H groups in total. The van der Waals surface area contributed by atoms with Crippen molar-refractivity contribution >= 4 is 5.91 Å². The van der Waals surface area contributed by atoms with Gasteiger partial charge >= 0.3 is 0 Å². The van der Waals surface area contributed by atoms with Gasteiger partial charge in [-0.25, -0.2) is 0 Å². The van der Waals surface area contributed by atoms with Gasteiger partial charge in [0.2, 0.25) is 0 Å². The number of H-pyrrole nitrogens is 1. The highest BCUT2D eigenvalue weighted by atomic mass is 16.5. The molecule has 0 unspecified atom stereocenters. The summed E-state index contributed by atoms with van der Waals surface area (Å²) < 4.78 is 11.2. The number of aryl methyl sites for hydroxylation is 1. The maximum Gasteiger partial charge on any atom is 0.272 e. The molecule has 7 nitrogen and oxygen atoms in total. The van der Waals surface area contributed by atoms with E-state index in [1.54, 1.807) is 13.3 Å². The molecule has 2 aromatic heterocycles. The first-order chi connectivity index (χ1) is 11.9. The summed E-state index contributed by atoms with van der Waals surface area (Å²) in [7, 11) is 1.64. The molecule has 0 aromatic carbocycles. The van der Waals surface area contributed by atoms with Crippen molar-refractivity contribution in [3.05, 3.63) is 40.0 Å². The fourth-order valence-electron chi connectivity index (χ4n) is 3.36. The number of nitrogens with zero attached hydrogens (tertiary/aromatic N) is 2. The second-order valence-electron chi connectivity index (χ2n) is 6.49. The van der Waals surface area contributed by atoms with Crippen molar-refractivity contribution in [3.63, 3.8) is 0 Å². The number of aromatic nitrogens is 3. The largest absolute Gasteiger partial charge is 0.496 e. The van der Waals surface area contributed by atoms with Gasteiger partial charge in [0.1, 0.15) is 5.75 Å². The van der Waals surface area contributed by atoms with Crippen LogP contribution in [-0.4, -0.2) is 34.3 Å². The van der Waals surface area contributed by atoms with Gasteiger partial charge in [-0.3, -0.25) is 14.9 Å². The number of aromatic amines is 1. The number of carbonyl (C=O) groups excluding carboxylic acids is 1. The van der Waals surface area contributed by atoms with Crippen molar-refractivity contribution in [2.24, 2.45) is 0 Å². The third-order valence-electron chi connectivity index (χ3n) is 4.61. The number of methoxy groups -OCH3 is 1. The molecular weight excluding hydrogens is 320 g/mol. The zero-order valence-corrected chi connectivity index (χ0v) is 15.3. The molecule has 0 aliphatic carbocycles. The predicted molar refractivity (Wildman–Crippen MR) is 92.7 cm³/mol. The molecule has 3 rings (SSSR count). The lowest BCUT2D eigenvalue weighted by atomic mass is 9.99. The summed E-state index contributed by atoms with van der Waals surface area (Å²) in [5, 5.41) is 10.1. The third kappa shape index (κ3) is 3.24. The molecule has 1 aliphatic rings. The Labute approximate surface area is 147 Å². The van der Waals surface area contributed by atoms with Crippen LogP contribution in [0.25, 0.3) is 0 Å². The highest BCUT2D eigenvalue weighted by Crippen LogP contribution is 2.30. The second-order valence-corrected chi connectivity index (χ2v) is 6.49. The molecule has 1 aliphatic heterocycles. The fraction of sp³-hybridized carbons (Fsp3) is 0.500. The summed E-state index contributed by atoms with van der Waals surface area (Å²) in [4.78, 5) is 17.0. The first kappa shape index (κ1) is 17.4. The number of hydrogen-bond acceptors (Lipinski definition) is 5.